The fourth-order valence-corrected chi connectivity index (χ4v) is 18.2. The minimum Gasteiger partial charge on any atom is -0.395 e. The van der Waals surface area contributed by atoms with E-state index in [0.717, 1.165) is 225 Å². The zero-order chi connectivity index (χ0) is 87.7. The molecule has 16 aromatic heterocycles. The van der Waals surface area contributed by atoms with Crippen LogP contribution in [0.1, 0.15) is 140 Å². The van der Waals surface area contributed by atoms with E-state index >= 15 is 0 Å². The molecule has 0 spiro atoms. The molecule has 4 aliphatic heterocycles. The van der Waals surface area contributed by atoms with Crippen molar-refractivity contribution in [2.24, 2.45) is 0 Å². The van der Waals surface area contributed by atoms with Crippen LogP contribution in [0.2, 0.25) is 0 Å². The highest BCUT2D eigenvalue weighted by molar-refractivity contribution is 5.71. The van der Waals surface area contributed by atoms with E-state index in [9.17, 15) is 24.3 Å². The van der Waals surface area contributed by atoms with Gasteiger partial charge in [0.25, 0.3) is 22.2 Å². The molecule has 0 amide bonds. The van der Waals surface area contributed by atoms with Gasteiger partial charge in [-0.1, -0.05) is 13.8 Å². The van der Waals surface area contributed by atoms with E-state index in [0.29, 0.717) is 93.8 Å². The maximum Gasteiger partial charge on any atom is 0.258 e. The van der Waals surface area contributed by atoms with Crippen LogP contribution in [0.15, 0.2) is 166 Å². The molecule has 16 aromatic rings. The molecule has 0 bridgehead atoms. The number of likely N-dealkylation sites (N-methyl/N-ethyl adjacent to an activating group) is 1. The van der Waals surface area contributed by atoms with E-state index in [2.05, 4.69) is 113 Å². The van der Waals surface area contributed by atoms with Gasteiger partial charge >= 0.3 is 0 Å². The average Bonchev–Trinajstić information content (AvgIpc) is 1.44. The number of nitrogens with zero attached hydrogens (tertiary/aromatic N) is 25. The summed E-state index contributed by atoms with van der Waals surface area (Å²) in [5.41, 5.74) is 22.5. The lowest BCUT2D eigenvalue weighted by molar-refractivity contribution is 0.162. The number of β-amino-alcohol motifs (C(OH)–C–C–N with tert-alkyl or cyclic N) is 1. The van der Waals surface area contributed by atoms with Crippen LogP contribution in [0.25, 0.3) is 90.2 Å². The van der Waals surface area contributed by atoms with E-state index in [1.807, 2.05) is 167 Å². The topological polar surface area (TPSA) is 327 Å². The quantitative estimate of drug-likeness (QED) is 0.0762. The highest BCUT2D eigenvalue weighted by Crippen LogP contribution is 2.32. The lowest BCUT2D eigenvalue weighted by Crippen LogP contribution is -2.44. The normalized spacial score (nSPS) is 15.5. The maximum absolute atomic E-state index is 13.1. The van der Waals surface area contributed by atoms with E-state index in [1.54, 1.807) is 58.8 Å². The molecule has 0 atom stereocenters. The fraction of sp³-hybridized carbons (Fsp3) is 0.404. The van der Waals surface area contributed by atoms with Crippen LogP contribution in [0, 0.1) is 55.4 Å². The average molecular weight is 1700 g/mol. The summed E-state index contributed by atoms with van der Waals surface area (Å²) >= 11 is 0. The number of aryl methyl sites for hydroxylation is 8. The summed E-state index contributed by atoms with van der Waals surface area (Å²) in [7, 11) is 2.07. The maximum atomic E-state index is 13.1. The molecule has 0 unspecified atom stereocenters. The number of aliphatic hydroxyl groups is 2. The number of likely N-dealkylation sites (tertiary alicyclic amines) is 2. The number of piperidine rings is 4. The van der Waals surface area contributed by atoms with Gasteiger partial charge < -0.3 is 48.8 Å². The van der Waals surface area contributed by atoms with Crippen LogP contribution in [0.4, 0.5) is 11.4 Å². The third-order valence-electron chi connectivity index (χ3n) is 25.1. The fourth-order valence-electron chi connectivity index (χ4n) is 18.2. The summed E-state index contributed by atoms with van der Waals surface area (Å²) in [5, 5.41) is 31.2. The van der Waals surface area contributed by atoms with Crippen molar-refractivity contribution >= 4 is 56.3 Å². The van der Waals surface area contributed by atoms with E-state index < -0.39 is 0 Å². The number of rotatable bonds is 17. The molecule has 0 aromatic carbocycles. The molecule has 4 saturated heterocycles. The van der Waals surface area contributed by atoms with E-state index in [1.165, 1.54) is 0 Å². The molecule has 32 nitrogen and oxygen atoms in total. The van der Waals surface area contributed by atoms with Gasteiger partial charge in [0.15, 0.2) is 11.3 Å². The van der Waals surface area contributed by atoms with Crippen LogP contribution >= 0.6 is 0 Å². The number of hydrogen-bond acceptors (Lipinski definition) is 24. The Morgan fingerprint density at radius 2 is 0.857 bits per heavy atom. The molecule has 652 valence electrons. The zero-order valence-corrected chi connectivity index (χ0v) is 73.6. The zero-order valence-electron chi connectivity index (χ0n) is 73.6. The summed E-state index contributed by atoms with van der Waals surface area (Å²) in [5.74, 6) is 0.725. The lowest BCUT2D eigenvalue weighted by atomic mass is 9.94. The van der Waals surface area contributed by atoms with Crippen LogP contribution < -0.4 is 37.4 Å². The van der Waals surface area contributed by atoms with Crippen LogP contribution in [-0.4, -0.2) is 231 Å². The number of anilines is 2. The molecule has 0 aliphatic carbocycles. The smallest absolute Gasteiger partial charge is 0.258 e. The van der Waals surface area contributed by atoms with Gasteiger partial charge in [-0.2, -0.15) is 10.2 Å². The van der Waals surface area contributed by atoms with Gasteiger partial charge in [-0.15, -0.1) is 0 Å². The largest absolute Gasteiger partial charge is 0.395 e. The monoisotopic (exact) mass is 1700 g/mol. The van der Waals surface area contributed by atoms with Crippen LogP contribution in [0.3, 0.4) is 0 Å². The van der Waals surface area contributed by atoms with Gasteiger partial charge in [-0.3, -0.25) is 56.7 Å². The van der Waals surface area contributed by atoms with Gasteiger partial charge in [-0.05, 0) is 219 Å². The molecule has 4 fully saturated rings. The molecule has 32 heteroatoms. The molecule has 0 saturated carbocycles. The third-order valence-corrected chi connectivity index (χ3v) is 25.1. The highest BCUT2D eigenvalue weighted by atomic mass is 16.3. The number of pyridine rings is 4. The van der Waals surface area contributed by atoms with Crippen molar-refractivity contribution in [2.45, 2.75) is 151 Å². The second-order valence-corrected chi connectivity index (χ2v) is 34.1. The number of nitrogens with one attached hydrogen (secondary N) is 1. The molecule has 126 heavy (non-hydrogen) atoms. The lowest BCUT2D eigenvalue weighted by Gasteiger charge is -2.37. The first kappa shape index (κ1) is 85.4. The number of hydrogen-bond donors (Lipinski definition) is 3. The predicted octanol–water partition coefficient (Wildman–Crippen LogP) is 10.3. The SMILES string of the molecule is CCCNC1CCN(c2cc(C)c3nc(-c4cc5c(C)nc(C)cn5n4)cc(=O)n3c2)CC1.CCN1CCC(c2cn3c(=O)cc(-c4ccc5nc(C)cn5c4)nc3cn2)CC1.Cc1cn2cc(-c3cc(=O)n4cc(C5CCN(CCO)CC5)ncc4n3)ccc2n1.Cc1cn2nc(-c3cc(=O)n4cc(N5CCC(N(C)CCO)CC5)cc(C)c4n3)cc2c(C)n1. The predicted molar refractivity (Wildman–Crippen MR) is 490 cm³/mol. The van der Waals surface area contributed by atoms with Gasteiger partial charge in [0, 0.05) is 148 Å². The first-order valence-corrected chi connectivity index (χ1v) is 44.0. The minimum absolute atomic E-state index is 0.0819. The first-order chi connectivity index (χ1) is 61.0. The van der Waals surface area contributed by atoms with Crippen LogP contribution in [-0.2, 0) is 0 Å². The molecule has 4 aliphatic rings. The van der Waals surface area contributed by atoms with Gasteiger partial charge in [0.1, 0.15) is 34.0 Å². The molecular weight excluding hydrogens is 1590 g/mol. The summed E-state index contributed by atoms with van der Waals surface area (Å²) < 4.78 is 14.0. The van der Waals surface area contributed by atoms with Gasteiger partial charge in [0.05, 0.1) is 129 Å². The van der Waals surface area contributed by atoms with Crippen molar-refractivity contribution in [3.63, 3.8) is 0 Å². The Bertz CT molecular complexity index is 6970. The number of imidazole rings is 2. The first-order valence-electron chi connectivity index (χ1n) is 44.0. The van der Waals surface area contributed by atoms with Crippen molar-refractivity contribution in [2.75, 3.05) is 109 Å². The van der Waals surface area contributed by atoms with E-state index in [4.69, 9.17) is 15.1 Å². The summed E-state index contributed by atoms with van der Waals surface area (Å²) in [6.07, 6.45) is 32.1. The van der Waals surface area contributed by atoms with Gasteiger partial charge in [-0.25, -0.2) is 38.9 Å². The Morgan fingerprint density at radius 3 is 1.30 bits per heavy atom. The summed E-state index contributed by atoms with van der Waals surface area (Å²) in [6.45, 7) is 31.9. The Morgan fingerprint density at radius 1 is 0.421 bits per heavy atom. The van der Waals surface area contributed by atoms with E-state index in [-0.39, 0.29) is 35.5 Å². The summed E-state index contributed by atoms with van der Waals surface area (Å²) in [6, 6.07) is 23.3. The van der Waals surface area contributed by atoms with Crippen LogP contribution in [0.5, 0.6) is 0 Å². The third kappa shape index (κ3) is 18.4. The number of fused-ring (bicyclic) bond motifs is 8. The molecule has 0 radical (unpaired) electrons. The standard InChI is InChI=1S/C25H31N7O2.C25H31N7O.C22H24N6O2.C22H24N6O/c1-16-11-20(30-7-5-19(6-8-30)29(4)9-10-33)15-31-24(34)13-21(27-25(16)31)22-12-23-18(3)26-17(2)14-32(23)28-22;1-5-8-26-19-6-9-30(10-7-19)20-11-16(2)25-28-21(13-24(33)31(25)15-20)22-12-23-18(4)27-17(3)14-32(23)29-22;1-15-12-27-13-17(2-3-20(27)24-15)18-10-22(30)28-14-19(23-11-21(28)25-18)16-4-6-26(7-5-16)8-9-29;1-3-26-8-6-16(7-9-26)19-14-28-21(11-23-19)25-18(10-22(28)29)17-4-5-20-24-15(2)12-27(20)13-17/h11-15,19,33H,5-10H2,1-4H3;11-15,19,26H,5-10H2,1-4H3;2-3,10-14,16,29H,4-9H2,1H3;4-5,10-14,16H,3,6-9H2,1-2H3. The second-order valence-electron chi connectivity index (χ2n) is 34.1. The Kier molecular flexibility index (Phi) is 25.0. The Hall–Kier alpha value is -12.7. The molecular formula is C94H110N26O6. The van der Waals surface area contributed by atoms with Crippen molar-refractivity contribution in [3.8, 4) is 45.3 Å². The number of aliphatic hydroxyl groups excluding tert-OH is 2. The summed E-state index contributed by atoms with van der Waals surface area (Å²) in [4.78, 5) is 110. The molecule has 3 N–H and O–H groups in total. The highest BCUT2D eigenvalue weighted by Gasteiger charge is 2.28. The number of aromatic nitrogens is 20. The minimum atomic E-state index is -0.120. The molecule has 20 rings (SSSR count). The van der Waals surface area contributed by atoms with Crippen molar-refractivity contribution in [1.29, 1.82) is 0 Å². The molecule has 20 heterocycles. The van der Waals surface area contributed by atoms with Crippen molar-refractivity contribution < 1.29 is 10.2 Å². The second kappa shape index (κ2) is 36.8. The van der Waals surface area contributed by atoms with Gasteiger partial charge in [0.2, 0.25) is 0 Å². The van der Waals surface area contributed by atoms with Crippen molar-refractivity contribution in [3.05, 3.63) is 245 Å². The Labute approximate surface area is 728 Å². The Balaban J connectivity index is 0.000000119. The van der Waals surface area contributed by atoms with Crippen molar-refractivity contribution in [1.82, 2.24) is 115 Å².